The number of para-hydroxylation sites is 2. The normalized spacial score (nSPS) is 8.00. The summed E-state index contributed by atoms with van der Waals surface area (Å²) in [5, 5.41) is 31.3. The van der Waals surface area contributed by atoms with Crippen LogP contribution in [0.3, 0.4) is 0 Å². The van der Waals surface area contributed by atoms with Crippen LogP contribution in [0.15, 0.2) is 33.2 Å². The van der Waals surface area contributed by atoms with Gasteiger partial charge in [-0.25, -0.2) is 4.79 Å². The summed E-state index contributed by atoms with van der Waals surface area (Å²) in [4.78, 5) is 8.56. The molecular weight excluding hydrogens is 330 g/mol. The fourth-order valence-corrected chi connectivity index (χ4v) is 0.464. The second kappa shape index (κ2) is 11.1. The summed E-state index contributed by atoms with van der Waals surface area (Å²) in [5.74, 6) is -0.153. The average Bonchev–Trinajstić information content (AvgIpc) is 2.22. The van der Waals surface area contributed by atoms with Crippen LogP contribution in [0, 0.1) is 0 Å². The van der Waals surface area contributed by atoms with E-state index in [4.69, 9.17) is 71.6 Å². The Labute approximate surface area is 122 Å². The van der Waals surface area contributed by atoms with E-state index in [0.29, 0.717) is 0 Å². The van der Waals surface area contributed by atoms with Crippen LogP contribution in [-0.2, 0) is 0 Å². The molecule has 5 nitrogen and oxygen atoms in total. The lowest BCUT2D eigenvalue weighted by Crippen LogP contribution is -1.81. The molecule has 1 aromatic rings. The van der Waals surface area contributed by atoms with Gasteiger partial charge in [-0.2, -0.15) is 0 Å². The zero-order valence-corrected chi connectivity index (χ0v) is 11.5. The molecule has 9 heteroatoms. The summed E-state index contributed by atoms with van der Waals surface area (Å²) in [5.41, 5.74) is 0. The highest BCUT2D eigenvalue weighted by Gasteiger charge is 1.90. The standard InChI is InChI=1S/C6H6O2.C2Cl4.CH2O3/c7-5-3-1-2-4-6(5)8;3-1(4)2(5)6;2-1(3)4/h1-4,7-8H;;(H2,2,3,4). The Hall–Kier alpha value is -1.01. The van der Waals surface area contributed by atoms with Crippen LogP contribution >= 0.6 is 46.4 Å². The smallest absolute Gasteiger partial charge is 0.503 e. The highest BCUT2D eigenvalue weighted by atomic mass is 35.5. The van der Waals surface area contributed by atoms with E-state index in [0.717, 1.165) is 0 Å². The van der Waals surface area contributed by atoms with Gasteiger partial charge in [-0.15, -0.1) is 0 Å². The molecule has 1 aromatic carbocycles. The largest absolute Gasteiger partial charge is 0.504 e. The first-order valence-electron chi connectivity index (χ1n) is 3.93. The van der Waals surface area contributed by atoms with E-state index in [9.17, 15) is 0 Å². The van der Waals surface area contributed by atoms with E-state index in [2.05, 4.69) is 0 Å². The number of phenolic OH excluding ortho intramolecular Hbond substituents is 2. The highest BCUT2D eigenvalue weighted by molar-refractivity contribution is 6.67. The number of halogens is 4. The molecule has 0 unspecified atom stereocenters. The Morgan fingerprint density at radius 3 is 1.17 bits per heavy atom. The minimum Gasteiger partial charge on any atom is -0.504 e. The van der Waals surface area contributed by atoms with Gasteiger partial charge in [0.05, 0.1) is 0 Å². The van der Waals surface area contributed by atoms with Gasteiger partial charge in [0, 0.05) is 0 Å². The molecule has 0 atom stereocenters. The number of benzene rings is 1. The third-order valence-corrected chi connectivity index (χ3v) is 2.17. The number of hydrogen-bond acceptors (Lipinski definition) is 3. The van der Waals surface area contributed by atoms with Gasteiger partial charge in [-0.1, -0.05) is 58.5 Å². The van der Waals surface area contributed by atoms with Crippen molar-refractivity contribution >= 4 is 52.6 Å². The Morgan fingerprint density at radius 2 is 1.06 bits per heavy atom. The van der Waals surface area contributed by atoms with E-state index < -0.39 is 6.16 Å². The van der Waals surface area contributed by atoms with E-state index in [1.54, 1.807) is 12.1 Å². The second-order valence-corrected chi connectivity index (χ2v) is 4.19. The summed E-state index contributed by atoms with van der Waals surface area (Å²) in [6, 6.07) is 6.15. The first-order chi connectivity index (χ1) is 8.18. The van der Waals surface area contributed by atoms with Crippen LogP contribution in [0.5, 0.6) is 11.5 Å². The molecule has 0 aromatic heterocycles. The molecule has 0 radical (unpaired) electrons. The molecule has 1 rings (SSSR count). The van der Waals surface area contributed by atoms with Gasteiger partial charge >= 0.3 is 6.16 Å². The molecule has 0 fully saturated rings. The first kappa shape index (κ1) is 19.3. The molecule has 0 spiro atoms. The van der Waals surface area contributed by atoms with Crippen LogP contribution in [0.1, 0.15) is 0 Å². The SMILES string of the molecule is ClC(Cl)=C(Cl)Cl.O=C(O)O.Oc1ccccc1O. The zero-order valence-electron chi connectivity index (χ0n) is 8.52. The molecule has 0 aliphatic heterocycles. The van der Waals surface area contributed by atoms with Crippen molar-refractivity contribution < 1.29 is 25.2 Å². The van der Waals surface area contributed by atoms with Crippen molar-refractivity contribution in [3.63, 3.8) is 0 Å². The van der Waals surface area contributed by atoms with Crippen LogP contribution in [0.4, 0.5) is 4.79 Å². The third-order valence-electron chi connectivity index (χ3n) is 1.02. The van der Waals surface area contributed by atoms with Crippen molar-refractivity contribution in [2.75, 3.05) is 0 Å². The molecule has 0 aliphatic rings. The Balaban J connectivity index is 0. The highest BCUT2D eigenvalue weighted by Crippen LogP contribution is 2.21. The molecule has 0 saturated heterocycles. The summed E-state index contributed by atoms with van der Waals surface area (Å²) in [6.45, 7) is 0. The lowest BCUT2D eigenvalue weighted by Gasteiger charge is -1.91. The van der Waals surface area contributed by atoms with Gasteiger partial charge in [-0.3, -0.25) is 0 Å². The van der Waals surface area contributed by atoms with E-state index in [1.807, 2.05) is 0 Å². The van der Waals surface area contributed by atoms with Crippen molar-refractivity contribution in [1.82, 2.24) is 0 Å². The van der Waals surface area contributed by atoms with Gasteiger partial charge in [0.1, 0.15) is 8.98 Å². The fraction of sp³-hybridized carbons (Fsp3) is 0. The lowest BCUT2D eigenvalue weighted by atomic mass is 10.3. The number of hydrogen-bond donors (Lipinski definition) is 4. The van der Waals surface area contributed by atoms with Crippen molar-refractivity contribution in [2.24, 2.45) is 0 Å². The number of aromatic hydroxyl groups is 2. The molecule has 0 bridgehead atoms. The minimum atomic E-state index is -1.83. The summed E-state index contributed by atoms with van der Waals surface area (Å²) in [6.07, 6.45) is -1.83. The number of phenols is 2. The number of rotatable bonds is 0. The Bertz CT molecular complexity index is 365. The van der Waals surface area contributed by atoms with Crippen molar-refractivity contribution in [1.29, 1.82) is 0 Å². The topological polar surface area (TPSA) is 98.0 Å². The molecule has 102 valence electrons. The molecule has 0 aliphatic carbocycles. The molecule has 0 heterocycles. The van der Waals surface area contributed by atoms with Crippen molar-refractivity contribution in [3.05, 3.63) is 33.2 Å². The quantitative estimate of drug-likeness (QED) is 0.526. The van der Waals surface area contributed by atoms with Gasteiger partial charge in [-0.05, 0) is 12.1 Å². The molecule has 18 heavy (non-hydrogen) atoms. The molecule has 4 N–H and O–H groups in total. The van der Waals surface area contributed by atoms with Crippen LogP contribution in [0.25, 0.3) is 0 Å². The summed E-state index contributed by atoms with van der Waals surface area (Å²) >= 11 is 20.0. The van der Waals surface area contributed by atoms with Crippen molar-refractivity contribution in [3.8, 4) is 11.5 Å². The average molecular weight is 338 g/mol. The van der Waals surface area contributed by atoms with Crippen molar-refractivity contribution in [2.45, 2.75) is 0 Å². The van der Waals surface area contributed by atoms with Crippen LogP contribution < -0.4 is 0 Å². The van der Waals surface area contributed by atoms with E-state index in [1.165, 1.54) is 12.1 Å². The monoisotopic (exact) mass is 336 g/mol. The molecule has 0 amide bonds. The Morgan fingerprint density at radius 1 is 0.833 bits per heavy atom. The van der Waals surface area contributed by atoms with Gasteiger partial charge in [0.25, 0.3) is 0 Å². The van der Waals surface area contributed by atoms with Gasteiger partial charge in [0.15, 0.2) is 11.5 Å². The van der Waals surface area contributed by atoms with Crippen LogP contribution in [0.2, 0.25) is 0 Å². The predicted octanol–water partition coefficient (Wildman–Crippen LogP) is 4.39. The molecule has 0 saturated carbocycles. The summed E-state index contributed by atoms with van der Waals surface area (Å²) < 4.78 is -0.198. The van der Waals surface area contributed by atoms with Gasteiger partial charge < -0.3 is 20.4 Å². The first-order valence-corrected chi connectivity index (χ1v) is 5.44. The maximum Gasteiger partial charge on any atom is 0.503 e. The maximum absolute atomic E-state index is 8.67. The predicted molar refractivity (Wildman–Crippen MR) is 70.9 cm³/mol. The summed E-state index contributed by atoms with van der Waals surface area (Å²) in [7, 11) is 0. The maximum atomic E-state index is 8.67. The lowest BCUT2D eigenvalue weighted by molar-refractivity contribution is 0.137. The fourth-order valence-electron chi connectivity index (χ4n) is 0.464. The number of carboxylic acid groups (broad SMARTS) is 2. The van der Waals surface area contributed by atoms with Crippen LogP contribution in [-0.4, -0.2) is 26.6 Å². The second-order valence-electron chi connectivity index (χ2n) is 2.29. The molecular formula is C9H8Cl4O5. The minimum absolute atomic E-state index is 0.0764. The Kier molecular flexibility index (Phi) is 11.9. The number of carbonyl (C=O) groups is 1. The van der Waals surface area contributed by atoms with Gasteiger partial charge in [0.2, 0.25) is 0 Å². The van der Waals surface area contributed by atoms with E-state index >= 15 is 0 Å². The third kappa shape index (κ3) is 15.0. The van der Waals surface area contributed by atoms with E-state index in [-0.39, 0.29) is 20.5 Å². The zero-order chi connectivity index (χ0) is 14.7.